The normalized spacial score (nSPS) is 11.6. The Balaban J connectivity index is 0.000000576. The maximum atomic E-state index is 5.08. The van der Waals surface area contributed by atoms with Crippen LogP contribution in [-0.4, -0.2) is 73.8 Å². The number of rotatable bonds is 19. The fraction of sp³-hybridized carbons (Fsp3) is 0.590. The zero-order valence-electron chi connectivity index (χ0n) is 31.3. The van der Waals surface area contributed by atoms with E-state index in [1.165, 1.54) is 10.6 Å². The Morgan fingerprint density at radius 2 is 0.979 bits per heavy atom. The van der Waals surface area contributed by atoms with Gasteiger partial charge in [0.05, 0.1) is 29.9 Å². The first-order valence-corrected chi connectivity index (χ1v) is 19.2. The van der Waals surface area contributed by atoms with Crippen LogP contribution in [0.1, 0.15) is 101 Å². The summed E-state index contributed by atoms with van der Waals surface area (Å²) in [6.45, 7) is 22.1. The van der Waals surface area contributed by atoms with Crippen LogP contribution in [0.5, 0.6) is 0 Å². The van der Waals surface area contributed by atoms with Gasteiger partial charge in [-0.2, -0.15) is 0 Å². The monoisotopic (exact) mass is 674 g/mol. The molecule has 2 rings (SSSR count). The van der Waals surface area contributed by atoms with Gasteiger partial charge in [0.2, 0.25) is 0 Å². The number of unbranched alkanes of at least 4 members (excludes halogenated alkanes) is 4. The van der Waals surface area contributed by atoms with Gasteiger partial charge in [-0.15, -0.1) is 0 Å². The zero-order chi connectivity index (χ0) is 35.4. The van der Waals surface area contributed by atoms with Crippen molar-refractivity contribution in [2.75, 3.05) is 26.2 Å². The predicted octanol–water partition coefficient (Wildman–Crippen LogP) is 8.38. The molecule has 48 heavy (non-hydrogen) atoms. The SMILES string of the molecule is CC(=NCCCCCN=C(NC(C)C)P(c1ccccc1)c1ccccc1)NC(C)C.CC(C)N=C=NCCCCCN=C=NC(C)C. The lowest BCUT2D eigenvalue weighted by Crippen LogP contribution is -2.34. The molecular weight excluding hydrogens is 611 g/mol. The highest BCUT2D eigenvalue weighted by Gasteiger charge is 2.20. The Morgan fingerprint density at radius 1 is 0.562 bits per heavy atom. The van der Waals surface area contributed by atoms with E-state index in [1.54, 1.807) is 0 Å². The lowest BCUT2D eigenvalue weighted by Gasteiger charge is -2.24. The Labute approximate surface area is 293 Å². The third kappa shape index (κ3) is 23.0. The first-order valence-electron chi connectivity index (χ1n) is 17.8. The summed E-state index contributed by atoms with van der Waals surface area (Å²) >= 11 is 0. The molecule has 2 N–H and O–H groups in total. The molecule has 8 nitrogen and oxygen atoms in total. The second kappa shape index (κ2) is 27.5. The molecule has 0 aromatic heterocycles. The predicted molar refractivity (Wildman–Crippen MR) is 213 cm³/mol. The molecule has 0 bridgehead atoms. The van der Waals surface area contributed by atoms with E-state index in [1.807, 2.05) is 34.6 Å². The fourth-order valence-corrected chi connectivity index (χ4v) is 6.61. The Bertz CT molecular complexity index is 1200. The zero-order valence-corrected chi connectivity index (χ0v) is 32.2. The van der Waals surface area contributed by atoms with E-state index in [4.69, 9.17) is 4.99 Å². The van der Waals surface area contributed by atoms with Gasteiger partial charge in [0.25, 0.3) is 0 Å². The molecule has 2 aromatic carbocycles. The van der Waals surface area contributed by atoms with Crippen LogP contribution in [0.4, 0.5) is 0 Å². The minimum Gasteiger partial charge on any atom is -0.372 e. The maximum Gasteiger partial charge on any atom is 0.129 e. The van der Waals surface area contributed by atoms with Gasteiger partial charge in [-0.3, -0.25) is 9.98 Å². The van der Waals surface area contributed by atoms with Crippen molar-refractivity contribution in [2.24, 2.45) is 30.0 Å². The molecular formula is C39H63N8P. The van der Waals surface area contributed by atoms with Crippen molar-refractivity contribution in [1.82, 2.24) is 10.6 Å². The summed E-state index contributed by atoms with van der Waals surface area (Å²) in [5.74, 6) is 1.04. The summed E-state index contributed by atoms with van der Waals surface area (Å²) in [6, 6.07) is 28.3. The minimum atomic E-state index is -0.683. The van der Waals surface area contributed by atoms with Crippen molar-refractivity contribution in [3.8, 4) is 0 Å². The van der Waals surface area contributed by atoms with Crippen LogP contribution < -0.4 is 21.2 Å². The summed E-state index contributed by atoms with van der Waals surface area (Å²) in [4.78, 5) is 25.9. The average Bonchev–Trinajstić information content (AvgIpc) is 3.03. The molecule has 0 fully saturated rings. The van der Waals surface area contributed by atoms with Crippen LogP contribution in [0.2, 0.25) is 0 Å². The second-order valence-corrected chi connectivity index (χ2v) is 14.9. The van der Waals surface area contributed by atoms with Crippen molar-refractivity contribution in [2.45, 2.75) is 125 Å². The van der Waals surface area contributed by atoms with Gasteiger partial charge in [-0.05, 0) is 111 Å². The smallest absolute Gasteiger partial charge is 0.129 e. The molecule has 0 heterocycles. The number of hydrogen-bond acceptors (Lipinski definition) is 6. The van der Waals surface area contributed by atoms with E-state index in [2.05, 4.69) is 136 Å². The largest absolute Gasteiger partial charge is 0.372 e. The first kappa shape index (κ1) is 42.6. The molecule has 0 radical (unpaired) electrons. The lowest BCUT2D eigenvalue weighted by molar-refractivity contribution is 0.682. The van der Waals surface area contributed by atoms with E-state index in [-0.39, 0.29) is 12.1 Å². The Kier molecular flexibility index (Phi) is 24.4. The number of amidine groups is 2. The van der Waals surface area contributed by atoms with Gasteiger partial charge < -0.3 is 10.6 Å². The molecule has 0 aliphatic rings. The topological polar surface area (TPSA) is 98.2 Å². The molecule has 0 aliphatic carbocycles. The van der Waals surface area contributed by atoms with E-state index in [9.17, 15) is 0 Å². The summed E-state index contributed by atoms with van der Waals surface area (Å²) in [5, 5.41) is 9.67. The summed E-state index contributed by atoms with van der Waals surface area (Å²) in [6.07, 6.45) is 6.59. The summed E-state index contributed by atoms with van der Waals surface area (Å²) in [5.41, 5.74) is 1.12. The van der Waals surface area contributed by atoms with E-state index in [0.717, 1.165) is 76.1 Å². The summed E-state index contributed by atoms with van der Waals surface area (Å²) in [7, 11) is -0.683. The van der Waals surface area contributed by atoms with Gasteiger partial charge in [0.1, 0.15) is 5.58 Å². The molecule has 0 unspecified atom stereocenters. The fourth-order valence-electron chi connectivity index (χ4n) is 4.25. The highest BCUT2D eigenvalue weighted by molar-refractivity contribution is 7.88. The van der Waals surface area contributed by atoms with Crippen LogP contribution >= 0.6 is 7.92 Å². The van der Waals surface area contributed by atoms with Gasteiger partial charge in [0, 0.05) is 46.2 Å². The number of aliphatic imine (C=N–C) groups is 6. The molecule has 0 atom stereocenters. The van der Waals surface area contributed by atoms with Crippen molar-refractivity contribution in [3.05, 3.63) is 60.7 Å². The van der Waals surface area contributed by atoms with Crippen LogP contribution in [-0.2, 0) is 0 Å². The average molecular weight is 675 g/mol. The number of benzene rings is 2. The standard InChI is InChI=1S/C26H39N4P.C13H24N4/c1-21(2)29-23(5)27-19-13-8-14-20-28-26(30-22(3)4)31(24-15-9-6-10-16-24)25-17-11-7-12-18-25;1-12(2)16-10-14-8-6-5-7-9-15-11-17-13(3)4/h6-7,9-12,15-18,21-22H,8,13-14,19-20H2,1-5H3,(H,27,29)(H,28,30);12-13H,5-9H2,1-4H3. The Morgan fingerprint density at radius 3 is 1.40 bits per heavy atom. The van der Waals surface area contributed by atoms with Crippen molar-refractivity contribution in [1.29, 1.82) is 0 Å². The van der Waals surface area contributed by atoms with Gasteiger partial charge in [-0.1, -0.05) is 60.7 Å². The number of hydrogen-bond donors (Lipinski definition) is 2. The third-order valence-electron chi connectivity index (χ3n) is 6.40. The highest BCUT2D eigenvalue weighted by atomic mass is 31.1. The number of nitrogens with zero attached hydrogens (tertiary/aromatic N) is 6. The van der Waals surface area contributed by atoms with Gasteiger partial charge in [0.15, 0.2) is 0 Å². The molecule has 2 aromatic rings. The van der Waals surface area contributed by atoms with Crippen molar-refractivity contribution in [3.63, 3.8) is 0 Å². The van der Waals surface area contributed by atoms with Crippen molar-refractivity contribution < 1.29 is 0 Å². The number of nitrogens with one attached hydrogen (secondary N) is 2. The van der Waals surface area contributed by atoms with E-state index >= 15 is 0 Å². The van der Waals surface area contributed by atoms with Crippen molar-refractivity contribution >= 4 is 42.0 Å². The van der Waals surface area contributed by atoms with Crippen LogP contribution in [0, 0.1) is 0 Å². The van der Waals surface area contributed by atoms with E-state index in [0.29, 0.717) is 12.1 Å². The first-order chi connectivity index (χ1) is 23.1. The third-order valence-corrected chi connectivity index (χ3v) is 8.72. The summed E-state index contributed by atoms with van der Waals surface area (Å²) < 4.78 is 0. The molecule has 0 saturated heterocycles. The Hall–Kier alpha value is -3.43. The molecule has 0 aliphatic heterocycles. The lowest BCUT2D eigenvalue weighted by atomic mass is 10.2. The molecule has 0 amide bonds. The quantitative estimate of drug-likeness (QED) is 0.0678. The molecule has 264 valence electrons. The van der Waals surface area contributed by atoms with Crippen LogP contribution in [0.15, 0.2) is 90.6 Å². The minimum absolute atomic E-state index is 0.285. The van der Waals surface area contributed by atoms with E-state index < -0.39 is 7.92 Å². The highest BCUT2D eigenvalue weighted by Crippen LogP contribution is 2.34. The van der Waals surface area contributed by atoms with Crippen LogP contribution in [0.25, 0.3) is 0 Å². The van der Waals surface area contributed by atoms with Crippen LogP contribution in [0.3, 0.4) is 0 Å². The van der Waals surface area contributed by atoms with Gasteiger partial charge >= 0.3 is 0 Å². The second-order valence-electron chi connectivity index (χ2n) is 12.8. The molecule has 0 spiro atoms. The maximum absolute atomic E-state index is 5.08. The molecule has 0 saturated carbocycles. The molecule has 9 heteroatoms. The van der Waals surface area contributed by atoms with Gasteiger partial charge in [-0.25, -0.2) is 20.0 Å².